The van der Waals surface area contributed by atoms with Crippen molar-refractivity contribution in [2.45, 2.75) is 0 Å². The number of urea groups is 1. The predicted octanol–water partition coefficient (Wildman–Crippen LogP) is 1.19. The molecule has 1 saturated heterocycles. The van der Waals surface area contributed by atoms with Gasteiger partial charge < -0.3 is 29.7 Å². The fraction of sp³-hybridized carbons (Fsp3) is 0.353. The van der Waals surface area contributed by atoms with Crippen LogP contribution in [0, 0.1) is 0 Å². The molecule has 1 fully saturated rings. The molecule has 1 heterocycles. The molecule has 1 aromatic carbocycles. The number of hydrogen-bond donors (Lipinski definition) is 2. The van der Waals surface area contributed by atoms with E-state index in [2.05, 4.69) is 20.1 Å². The number of ether oxygens (including phenoxy) is 3. The molecule has 140 valence electrons. The first kappa shape index (κ1) is 19.3. The third-order valence-corrected chi connectivity index (χ3v) is 3.56. The first-order valence-electron chi connectivity index (χ1n) is 7.92. The van der Waals surface area contributed by atoms with Crippen LogP contribution in [-0.4, -0.2) is 63.4 Å². The molecule has 26 heavy (non-hydrogen) atoms. The highest BCUT2D eigenvalue weighted by Crippen LogP contribution is 2.18. The molecular formula is C17H21N3O6. The zero-order chi connectivity index (χ0) is 18.9. The molecule has 1 aromatic rings. The number of carbonyl (C=O) groups is 3. The topological polar surface area (TPSA) is 106 Å². The van der Waals surface area contributed by atoms with Gasteiger partial charge in [0, 0.05) is 24.5 Å². The number of nitrogens with one attached hydrogen (secondary N) is 2. The standard InChI is InChI=1S/C17H21N3O6/c1-24-15(21)11-14(16(22)25-2)18-12-4-3-5-13(10-12)19-17(23)20-6-8-26-9-7-20/h3-5,10-11,18H,6-9H2,1-2H3,(H,19,23)/b14-11+. The minimum absolute atomic E-state index is 0.0870. The molecule has 0 aliphatic carbocycles. The van der Waals surface area contributed by atoms with Gasteiger partial charge in [-0.25, -0.2) is 14.4 Å². The van der Waals surface area contributed by atoms with E-state index in [1.807, 2.05) is 0 Å². The number of methoxy groups -OCH3 is 2. The normalized spacial score (nSPS) is 14.4. The lowest BCUT2D eigenvalue weighted by Gasteiger charge is -2.27. The van der Waals surface area contributed by atoms with Crippen LogP contribution < -0.4 is 10.6 Å². The van der Waals surface area contributed by atoms with E-state index >= 15 is 0 Å². The van der Waals surface area contributed by atoms with Gasteiger partial charge in [0.05, 0.1) is 33.5 Å². The van der Waals surface area contributed by atoms with Crippen LogP contribution in [0.4, 0.5) is 16.2 Å². The minimum atomic E-state index is -0.724. The monoisotopic (exact) mass is 363 g/mol. The van der Waals surface area contributed by atoms with Gasteiger partial charge in [0.2, 0.25) is 0 Å². The van der Waals surface area contributed by atoms with Gasteiger partial charge in [0.15, 0.2) is 0 Å². The molecule has 1 aliphatic heterocycles. The average molecular weight is 363 g/mol. The molecule has 2 rings (SSSR count). The maximum absolute atomic E-state index is 12.2. The summed E-state index contributed by atoms with van der Waals surface area (Å²) >= 11 is 0. The van der Waals surface area contributed by atoms with E-state index in [0.29, 0.717) is 37.7 Å². The summed E-state index contributed by atoms with van der Waals surface area (Å²) in [6, 6.07) is 6.49. The maximum Gasteiger partial charge on any atom is 0.354 e. The molecule has 2 N–H and O–H groups in total. The first-order valence-corrected chi connectivity index (χ1v) is 7.92. The number of rotatable bonds is 5. The van der Waals surface area contributed by atoms with E-state index < -0.39 is 11.9 Å². The van der Waals surface area contributed by atoms with Crippen LogP contribution in [0.25, 0.3) is 0 Å². The molecule has 9 heteroatoms. The van der Waals surface area contributed by atoms with Crippen molar-refractivity contribution in [2.24, 2.45) is 0 Å². The number of amides is 2. The Morgan fingerprint density at radius 1 is 1.08 bits per heavy atom. The molecule has 1 aliphatic rings. The summed E-state index contributed by atoms with van der Waals surface area (Å²) in [7, 11) is 2.41. The first-order chi connectivity index (χ1) is 12.5. The average Bonchev–Trinajstić information content (AvgIpc) is 2.67. The number of benzene rings is 1. The van der Waals surface area contributed by atoms with Gasteiger partial charge in [-0.2, -0.15) is 0 Å². The Labute approximate surface area is 150 Å². The van der Waals surface area contributed by atoms with E-state index in [1.54, 1.807) is 29.2 Å². The fourth-order valence-corrected chi connectivity index (χ4v) is 2.23. The Balaban J connectivity index is 2.09. The van der Waals surface area contributed by atoms with E-state index in [9.17, 15) is 14.4 Å². The van der Waals surface area contributed by atoms with E-state index in [4.69, 9.17) is 4.74 Å². The zero-order valence-corrected chi connectivity index (χ0v) is 14.6. The van der Waals surface area contributed by atoms with E-state index in [1.165, 1.54) is 14.2 Å². The van der Waals surface area contributed by atoms with Gasteiger partial charge in [-0.05, 0) is 18.2 Å². The molecule has 0 atom stereocenters. The molecule has 0 spiro atoms. The smallest absolute Gasteiger partial charge is 0.354 e. The van der Waals surface area contributed by atoms with Crippen LogP contribution in [-0.2, 0) is 23.8 Å². The number of nitrogens with zero attached hydrogens (tertiary/aromatic N) is 1. The molecule has 0 saturated carbocycles. The van der Waals surface area contributed by atoms with Crippen molar-refractivity contribution in [3.8, 4) is 0 Å². The minimum Gasteiger partial charge on any atom is -0.466 e. The predicted molar refractivity (Wildman–Crippen MR) is 93.6 cm³/mol. The molecule has 0 aromatic heterocycles. The fourth-order valence-electron chi connectivity index (χ4n) is 2.23. The number of hydrogen-bond acceptors (Lipinski definition) is 7. The second-order valence-electron chi connectivity index (χ2n) is 5.31. The number of carbonyl (C=O) groups excluding carboxylic acids is 3. The Morgan fingerprint density at radius 2 is 1.73 bits per heavy atom. The largest absolute Gasteiger partial charge is 0.466 e. The van der Waals surface area contributed by atoms with Gasteiger partial charge >= 0.3 is 18.0 Å². The van der Waals surface area contributed by atoms with Crippen molar-refractivity contribution >= 4 is 29.3 Å². The third-order valence-electron chi connectivity index (χ3n) is 3.56. The lowest BCUT2D eigenvalue weighted by molar-refractivity contribution is -0.138. The molecule has 0 radical (unpaired) electrons. The van der Waals surface area contributed by atoms with Crippen LogP contribution in [0.3, 0.4) is 0 Å². The van der Waals surface area contributed by atoms with Gasteiger partial charge in [-0.3, -0.25) is 0 Å². The Hall–Kier alpha value is -3.07. The summed E-state index contributed by atoms with van der Waals surface area (Å²) in [6.07, 6.45) is 0.991. The third kappa shape index (κ3) is 5.49. The van der Waals surface area contributed by atoms with E-state index in [0.717, 1.165) is 6.08 Å². The van der Waals surface area contributed by atoms with Crippen molar-refractivity contribution in [2.75, 3.05) is 51.2 Å². The van der Waals surface area contributed by atoms with Crippen molar-refractivity contribution in [1.82, 2.24) is 4.90 Å². The number of morpholine rings is 1. The molecular weight excluding hydrogens is 342 g/mol. The second-order valence-corrected chi connectivity index (χ2v) is 5.31. The zero-order valence-electron chi connectivity index (χ0n) is 14.6. The Bertz CT molecular complexity index is 697. The van der Waals surface area contributed by atoms with Crippen molar-refractivity contribution < 1.29 is 28.6 Å². The SMILES string of the molecule is COC(=O)/C=C(/Nc1cccc(NC(=O)N2CCOCC2)c1)C(=O)OC. The number of esters is 2. The molecule has 0 unspecified atom stereocenters. The van der Waals surface area contributed by atoms with Crippen LogP contribution in [0.1, 0.15) is 0 Å². The lowest BCUT2D eigenvalue weighted by atomic mass is 10.2. The highest BCUT2D eigenvalue weighted by atomic mass is 16.5. The highest BCUT2D eigenvalue weighted by molar-refractivity contribution is 5.99. The highest BCUT2D eigenvalue weighted by Gasteiger charge is 2.17. The summed E-state index contributed by atoms with van der Waals surface area (Å²) in [5.41, 5.74) is 0.940. The van der Waals surface area contributed by atoms with Crippen LogP contribution in [0.15, 0.2) is 36.0 Å². The van der Waals surface area contributed by atoms with Crippen molar-refractivity contribution in [3.05, 3.63) is 36.0 Å². The second kappa shape index (κ2) is 9.42. The van der Waals surface area contributed by atoms with Gasteiger partial charge in [-0.1, -0.05) is 6.07 Å². The van der Waals surface area contributed by atoms with Crippen LogP contribution in [0.2, 0.25) is 0 Å². The summed E-state index contributed by atoms with van der Waals surface area (Å²) in [6.45, 7) is 2.07. The van der Waals surface area contributed by atoms with Crippen LogP contribution >= 0.6 is 0 Å². The van der Waals surface area contributed by atoms with Gasteiger partial charge in [0.1, 0.15) is 5.70 Å². The Morgan fingerprint density at radius 3 is 2.35 bits per heavy atom. The summed E-state index contributed by atoms with van der Waals surface area (Å²) < 4.78 is 14.4. The van der Waals surface area contributed by atoms with Crippen LogP contribution in [0.5, 0.6) is 0 Å². The van der Waals surface area contributed by atoms with Crippen molar-refractivity contribution in [3.63, 3.8) is 0 Å². The number of anilines is 2. The lowest BCUT2D eigenvalue weighted by Crippen LogP contribution is -2.43. The summed E-state index contributed by atoms with van der Waals surface area (Å²) in [5.74, 6) is -1.42. The van der Waals surface area contributed by atoms with Gasteiger partial charge in [0.25, 0.3) is 0 Å². The summed E-state index contributed by atoms with van der Waals surface area (Å²) in [4.78, 5) is 37.1. The molecule has 0 bridgehead atoms. The van der Waals surface area contributed by atoms with Crippen molar-refractivity contribution in [1.29, 1.82) is 0 Å². The van der Waals surface area contributed by atoms with E-state index in [-0.39, 0.29) is 11.7 Å². The Kier molecular flexibility index (Phi) is 6.98. The summed E-state index contributed by atoms with van der Waals surface area (Å²) in [5, 5.41) is 5.57. The van der Waals surface area contributed by atoms with Gasteiger partial charge in [-0.15, -0.1) is 0 Å². The maximum atomic E-state index is 12.2. The molecule has 2 amide bonds. The quantitative estimate of drug-likeness (QED) is 0.598. The molecule has 9 nitrogen and oxygen atoms in total.